The number of carbonyl (C=O) groups excluding carboxylic acids is 1. The zero-order valence-electron chi connectivity index (χ0n) is 21.0. The Labute approximate surface area is 222 Å². The third kappa shape index (κ3) is 4.82. The first kappa shape index (κ1) is 24.7. The van der Waals surface area contributed by atoms with Crippen molar-refractivity contribution in [3.05, 3.63) is 96.7 Å². The molecule has 1 spiro atoms. The maximum atomic E-state index is 13.4. The highest BCUT2D eigenvalue weighted by Gasteiger charge is 2.44. The molecule has 0 atom stereocenters. The van der Waals surface area contributed by atoms with E-state index in [2.05, 4.69) is 4.98 Å². The third-order valence-electron chi connectivity index (χ3n) is 7.61. The molecule has 2 aliphatic rings. The molecule has 2 saturated heterocycles. The zero-order chi connectivity index (χ0) is 26.2. The number of morpholine rings is 1. The maximum Gasteiger partial charge on any atom is 0.248 e. The summed E-state index contributed by atoms with van der Waals surface area (Å²) in [7, 11) is -3.64. The van der Waals surface area contributed by atoms with Crippen LogP contribution in [-0.4, -0.2) is 60.4 Å². The molecule has 2 fully saturated rings. The van der Waals surface area contributed by atoms with Crippen LogP contribution in [0.25, 0.3) is 22.0 Å². The summed E-state index contributed by atoms with van der Waals surface area (Å²) in [5.74, 6) is -0.0307. The van der Waals surface area contributed by atoms with Gasteiger partial charge in [-0.25, -0.2) is 8.42 Å². The van der Waals surface area contributed by atoms with Crippen molar-refractivity contribution < 1.29 is 17.9 Å². The molecule has 3 heterocycles. The van der Waals surface area contributed by atoms with Crippen LogP contribution >= 0.6 is 0 Å². The summed E-state index contributed by atoms with van der Waals surface area (Å²) in [6.45, 7) is 1.75. The van der Waals surface area contributed by atoms with E-state index in [0.29, 0.717) is 39.0 Å². The predicted molar refractivity (Wildman–Crippen MR) is 146 cm³/mol. The van der Waals surface area contributed by atoms with Crippen LogP contribution in [-0.2, 0) is 26.1 Å². The van der Waals surface area contributed by atoms with Crippen LogP contribution in [0.3, 0.4) is 0 Å². The lowest BCUT2D eigenvalue weighted by molar-refractivity contribution is -0.170. The molecule has 0 saturated carbocycles. The normalized spacial score (nSPS) is 18.2. The van der Waals surface area contributed by atoms with E-state index in [4.69, 9.17) is 4.74 Å². The Morgan fingerprint density at radius 1 is 0.868 bits per heavy atom. The molecule has 7 nitrogen and oxygen atoms in total. The zero-order valence-corrected chi connectivity index (χ0v) is 21.8. The van der Waals surface area contributed by atoms with Gasteiger partial charge >= 0.3 is 0 Å². The van der Waals surface area contributed by atoms with E-state index in [9.17, 15) is 13.2 Å². The Morgan fingerprint density at radius 3 is 2.37 bits per heavy atom. The lowest BCUT2D eigenvalue weighted by atomic mass is 9.90. The average molecular weight is 528 g/mol. The number of benzene rings is 3. The summed E-state index contributed by atoms with van der Waals surface area (Å²) in [4.78, 5) is 19.1. The molecule has 3 aromatic carbocycles. The van der Waals surface area contributed by atoms with Crippen molar-refractivity contribution in [1.82, 2.24) is 14.2 Å². The molecule has 0 radical (unpaired) electrons. The van der Waals surface area contributed by atoms with Crippen molar-refractivity contribution in [1.29, 1.82) is 0 Å². The highest BCUT2D eigenvalue weighted by molar-refractivity contribution is 7.89. The van der Waals surface area contributed by atoms with Crippen LogP contribution in [0.15, 0.2) is 96.0 Å². The molecule has 1 aromatic heterocycles. The van der Waals surface area contributed by atoms with Gasteiger partial charge in [-0.3, -0.25) is 9.78 Å². The minimum absolute atomic E-state index is 0.0307. The smallest absolute Gasteiger partial charge is 0.248 e. The molecule has 0 N–H and O–H groups in total. The molecule has 194 valence electrons. The molecule has 1 amide bonds. The van der Waals surface area contributed by atoms with Gasteiger partial charge in [0.2, 0.25) is 15.9 Å². The van der Waals surface area contributed by atoms with E-state index in [1.165, 1.54) is 4.31 Å². The molecule has 8 heteroatoms. The number of hydrogen-bond donors (Lipinski definition) is 0. The minimum Gasteiger partial charge on any atom is -0.363 e. The van der Waals surface area contributed by atoms with E-state index in [1.54, 1.807) is 18.3 Å². The minimum atomic E-state index is -3.64. The van der Waals surface area contributed by atoms with Gasteiger partial charge in [-0.2, -0.15) is 4.31 Å². The van der Waals surface area contributed by atoms with Gasteiger partial charge in [0.15, 0.2) is 0 Å². The number of nitrogens with zero attached hydrogens (tertiary/aromatic N) is 3. The van der Waals surface area contributed by atoms with Crippen molar-refractivity contribution in [3.8, 4) is 11.1 Å². The fourth-order valence-electron chi connectivity index (χ4n) is 5.39. The first-order valence-electron chi connectivity index (χ1n) is 12.8. The monoisotopic (exact) mass is 527 g/mol. The number of hydrogen-bond acceptors (Lipinski definition) is 5. The molecular weight excluding hydrogens is 498 g/mol. The first-order chi connectivity index (χ1) is 18.4. The number of amides is 1. The van der Waals surface area contributed by atoms with Crippen LogP contribution in [0.1, 0.15) is 18.4 Å². The lowest BCUT2D eigenvalue weighted by Gasteiger charge is -2.46. The molecular formula is C30H29N3O4S. The number of sulfonamides is 1. The highest BCUT2D eigenvalue weighted by Crippen LogP contribution is 2.34. The fourth-order valence-corrected chi connectivity index (χ4v) is 6.83. The topological polar surface area (TPSA) is 79.8 Å². The molecule has 0 unspecified atom stereocenters. The average Bonchev–Trinajstić information content (AvgIpc) is 2.96. The highest BCUT2D eigenvalue weighted by atomic mass is 32.2. The summed E-state index contributed by atoms with van der Waals surface area (Å²) in [5, 5.41) is 1.06. The van der Waals surface area contributed by atoms with Crippen LogP contribution in [0.2, 0.25) is 0 Å². The summed E-state index contributed by atoms with van der Waals surface area (Å²) < 4.78 is 34.5. The first-order valence-corrected chi connectivity index (χ1v) is 14.3. The van der Waals surface area contributed by atoms with Gasteiger partial charge in [0.05, 0.1) is 22.6 Å². The molecule has 38 heavy (non-hydrogen) atoms. The van der Waals surface area contributed by atoms with Gasteiger partial charge in [0.1, 0.15) is 6.61 Å². The third-order valence-corrected chi connectivity index (χ3v) is 9.53. The fraction of sp³-hybridized carbons (Fsp3) is 0.267. The Balaban J connectivity index is 1.13. The van der Waals surface area contributed by atoms with E-state index in [1.807, 2.05) is 77.7 Å². The van der Waals surface area contributed by atoms with E-state index in [-0.39, 0.29) is 17.4 Å². The number of pyridine rings is 1. The lowest BCUT2D eigenvalue weighted by Crippen LogP contribution is -2.58. The van der Waals surface area contributed by atoms with Crippen LogP contribution < -0.4 is 0 Å². The van der Waals surface area contributed by atoms with Gasteiger partial charge in [-0.15, -0.1) is 0 Å². The van der Waals surface area contributed by atoms with Gasteiger partial charge in [0.25, 0.3) is 0 Å². The summed E-state index contributed by atoms with van der Waals surface area (Å²) >= 11 is 0. The number of ether oxygens (including phenoxy) is 1. The van der Waals surface area contributed by atoms with E-state index in [0.717, 1.165) is 27.6 Å². The van der Waals surface area contributed by atoms with Crippen molar-refractivity contribution in [2.24, 2.45) is 0 Å². The molecule has 4 aromatic rings. The Bertz CT molecular complexity index is 1560. The van der Waals surface area contributed by atoms with Crippen LogP contribution in [0, 0.1) is 0 Å². The van der Waals surface area contributed by atoms with Crippen molar-refractivity contribution >= 4 is 26.8 Å². The second kappa shape index (κ2) is 9.94. The predicted octanol–water partition coefficient (Wildman–Crippen LogP) is 4.48. The standard InChI is InChI=1S/C30H29N3O4S/c34-29-21-37-30(22-32(29)20-23-5-2-1-3-6-23)14-17-33(18-15-30)38(35,36)27-12-10-24(11-13-27)26-9-8-25-7-4-16-31-28(25)19-26/h1-13,16,19H,14-15,17-18,20-22H2. The summed E-state index contributed by atoms with van der Waals surface area (Å²) in [6, 6.07) is 26.9. The Kier molecular flexibility index (Phi) is 6.47. The van der Waals surface area contributed by atoms with Crippen molar-refractivity contribution in [2.45, 2.75) is 29.9 Å². The number of piperidine rings is 1. The van der Waals surface area contributed by atoms with Gasteiger partial charge in [-0.1, -0.05) is 60.7 Å². The van der Waals surface area contributed by atoms with Crippen molar-refractivity contribution in [2.75, 3.05) is 26.2 Å². The summed E-state index contributed by atoms with van der Waals surface area (Å²) in [6.07, 6.45) is 2.86. The molecule has 0 aliphatic carbocycles. The van der Waals surface area contributed by atoms with Gasteiger partial charge in [-0.05, 0) is 53.8 Å². The quantitative estimate of drug-likeness (QED) is 0.382. The Morgan fingerprint density at radius 2 is 1.61 bits per heavy atom. The summed E-state index contributed by atoms with van der Waals surface area (Å²) in [5.41, 5.74) is 3.39. The SMILES string of the molecule is O=C1COC2(CCN(S(=O)(=O)c3ccc(-c4ccc5cccnc5c4)cc3)CC2)CN1Cc1ccccc1. The van der Waals surface area contributed by atoms with Crippen LogP contribution in [0.5, 0.6) is 0 Å². The van der Waals surface area contributed by atoms with Crippen LogP contribution in [0.4, 0.5) is 0 Å². The second-order valence-corrected chi connectivity index (χ2v) is 12.0. The molecule has 0 bridgehead atoms. The van der Waals surface area contributed by atoms with Gasteiger partial charge in [0, 0.05) is 31.2 Å². The largest absolute Gasteiger partial charge is 0.363 e. The van der Waals surface area contributed by atoms with E-state index < -0.39 is 15.6 Å². The second-order valence-electron chi connectivity index (χ2n) is 10.0. The Hall–Kier alpha value is -3.59. The van der Waals surface area contributed by atoms with E-state index >= 15 is 0 Å². The maximum absolute atomic E-state index is 13.4. The molecule has 2 aliphatic heterocycles. The van der Waals surface area contributed by atoms with Gasteiger partial charge < -0.3 is 9.64 Å². The number of aromatic nitrogens is 1. The molecule has 6 rings (SSSR count). The van der Waals surface area contributed by atoms with Crippen molar-refractivity contribution in [3.63, 3.8) is 0 Å². The number of rotatable bonds is 5. The number of carbonyl (C=O) groups is 1. The number of fused-ring (bicyclic) bond motifs is 1.